The molecule has 6 nitrogen and oxygen atoms in total. The monoisotopic (exact) mass is 230 g/mol. The van der Waals surface area contributed by atoms with Crippen molar-refractivity contribution in [2.75, 3.05) is 27.2 Å². The first kappa shape index (κ1) is 14.4. The summed E-state index contributed by atoms with van der Waals surface area (Å²) in [4.78, 5) is 35.9. The average Bonchev–Trinajstić information content (AvgIpc) is 2.21. The van der Waals surface area contributed by atoms with Crippen LogP contribution in [0.25, 0.3) is 0 Å². The van der Waals surface area contributed by atoms with Crippen LogP contribution < -0.4 is 0 Å². The highest BCUT2D eigenvalue weighted by Gasteiger charge is 2.17. The van der Waals surface area contributed by atoms with Gasteiger partial charge in [-0.1, -0.05) is 0 Å². The molecule has 16 heavy (non-hydrogen) atoms. The number of hydrogen-bond acceptors (Lipinski definition) is 3. The van der Waals surface area contributed by atoms with Crippen LogP contribution >= 0.6 is 0 Å². The van der Waals surface area contributed by atoms with Gasteiger partial charge in [-0.2, -0.15) is 0 Å². The van der Waals surface area contributed by atoms with Crippen LogP contribution in [0, 0.1) is 0 Å². The molecular weight excluding hydrogens is 212 g/mol. The molecular formula is C10H18N2O4. The second-order valence-corrected chi connectivity index (χ2v) is 3.59. The van der Waals surface area contributed by atoms with Gasteiger partial charge < -0.3 is 14.9 Å². The molecule has 0 heterocycles. The van der Waals surface area contributed by atoms with E-state index in [4.69, 9.17) is 5.11 Å². The predicted molar refractivity (Wildman–Crippen MR) is 57.8 cm³/mol. The van der Waals surface area contributed by atoms with Crippen LogP contribution in [0.1, 0.15) is 19.8 Å². The van der Waals surface area contributed by atoms with Crippen molar-refractivity contribution < 1.29 is 19.5 Å². The minimum absolute atomic E-state index is 0.00194. The average molecular weight is 230 g/mol. The number of carboxylic acid groups (broad SMARTS) is 1. The smallest absolute Gasteiger partial charge is 0.303 e. The fourth-order valence-corrected chi connectivity index (χ4v) is 1.05. The van der Waals surface area contributed by atoms with Crippen LogP contribution in [0.5, 0.6) is 0 Å². The van der Waals surface area contributed by atoms with Gasteiger partial charge in [0.25, 0.3) is 0 Å². The Kier molecular flexibility index (Phi) is 6.14. The molecule has 0 radical (unpaired) electrons. The van der Waals surface area contributed by atoms with E-state index in [1.54, 1.807) is 21.0 Å². The molecule has 0 atom stereocenters. The number of likely N-dealkylation sites (N-methyl/N-ethyl adjacent to an activating group) is 2. The molecule has 6 heteroatoms. The normalized spacial score (nSPS) is 9.69. The van der Waals surface area contributed by atoms with E-state index in [-0.39, 0.29) is 31.2 Å². The third kappa shape index (κ3) is 5.33. The standard InChI is InChI=1S/C10H18N2O4/c1-4-12(7-9(14)11(2)3)8(13)5-6-10(15)16/h4-7H2,1-3H3,(H,15,16). The van der Waals surface area contributed by atoms with E-state index < -0.39 is 5.97 Å². The van der Waals surface area contributed by atoms with Crippen molar-refractivity contribution in [3.63, 3.8) is 0 Å². The maximum absolute atomic E-state index is 11.5. The molecule has 0 spiro atoms. The van der Waals surface area contributed by atoms with Crippen molar-refractivity contribution in [3.8, 4) is 0 Å². The van der Waals surface area contributed by atoms with E-state index in [2.05, 4.69) is 0 Å². The van der Waals surface area contributed by atoms with Crippen LogP contribution in [-0.2, 0) is 14.4 Å². The van der Waals surface area contributed by atoms with Crippen LogP contribution in [0.3, 0.4) is 0 Å². The summed E-state index contributed by atoms with van der Waals surface area (Å²) in [6, 6.07) is 0. The molecule has 0 rings (SSSR count). The van der Waals surface area contributed by atoms with Gasteiger partial charge in [-0.15, -0.1) is 0 Å². The van der Waals surface area contributed by atoms with Crippen molar-refractivity contribution in [2.24, 2.45) is 0 Å². The fraction of sp³-hybridized carbons (Fsp3) is 0.700. The van der Waals surface area contributed by atoms with Gasteiger partial charge in [0.2, 0.25) is 11.8 Å². The highest BCUT2D eigenvalue weighted by atomic mass is 16.4. The summed E-state index contributed by atoms with van der Waals surface area (Å²) in [6.45, 7) is 2.15. The molecule has 1 N–H and O–H groups in total. The minimum atomic E-state index is -1.01. The van der Waals surface area contributed by atoms with Crippen molar-refractivity contribution in [2.45, 2.75) is 19.8 Å². The molecule has 0 fully saturated rings. The number of aliphatic carboxylic acids is 1. The van der Waals surface area contributed by atoms with Crippen molar-refractivity contribution in [1.29, 1.82) is 0 Å². The van der Waals surface area contributed by atoms with Crippen LogP contribution in [-0.4, -0.2) is 59.9 Å². The number of amides is 2. The number of nitrogens with zero attached hydrogens (tertiary/aromatic N) is 2. The van der Waals surface area contributed by atoms with Crippen molar-refractivity contribution in [1.82, 2.24) is 9.80 Å². The third-order valence-electron chi connectivity index (χ3n) is 2.11. The largest absolute Gasteiger partial charge is 0.481 e. The Balaban J connectivity index is 4.22. The summed E-state index contributed by atoms with van der Waals surface area (Å²) < 4.78 is 0. The minimum Gasteiger partial charge on any atom is -0.481 e. The van der Waals surface area contributed by atoms with Gasteiger partial charge in [0, 0.05) is 27.1 Å². The number of rotatable bonds is 6. The molecule has 0 unspecified atom stereocenters. The Morgan fingerprint density at radius 2 is 1.62 bits per heavy atom. The maximum Gasteiger partial charge on any atom is 0.303 e. The van der Waals surface area contributed by atoms with Gasteiger partial charge in [-0.05, 0) is 6.92 Å². The summed E-state index contributed by atoms with van der Waals surface area (Å²) in [5.74, 6) is -1.49. The molecule has 0 saturated carbocycles. The van der Waals surface area contributed by atoms with Crippen LogP contribution in [0.15, 0.2) is 0 Å². The van der Waals surface area contributed by atoms with E-state index in [0.29, 0.717) is 6.54 Å². The van der Waals surface area contributed by atoms with Crippen molar-refractivity contribution >= 4 is 17.8 Å². The number of carboxylic acids is 1. The summed E-state index contributed by atoms with van der Waals surface area (Å²) >= 11 is 0. The lowest BCUT2D eigenvalue weighted by Gasteiger charge is -2.21. The summed E-state index contributed by atoms with van der Waals surface area (Å²) in [5.41, 5.74) is 0. The zero-order valence-electron chi connectivity index (χ0n) is 9.89. The van der Waals surface area contributed by atoms with E-state index >= 15 is 0 Å². The van der Waals surface area contributed by atoms with Gasteiger partial charge in [0.1, 0.15) is 0 Å². The molecule has 92 valence electrons. The molecule has 0 aliphatic rings. The van der Waals surface area contributed by atoms with Gasteiger partial charge >= 0.3 is 5.97 Å². The Hall–Kier alpha value is -1.59. The topological polar surface area (TPSA) is 77.9 Å². The number of carbonyl (C=O) groups excluding carboxylic acids is 2. The summed E-state index contributed by atoms with van der Waals surface area (Å²) in [5, 5.41) is 8.44. The first-order valence-corrected chi connectivity index (χ1v) is 5.08. The summed E-state index contributed by atoms with van der Waals surface area (Å²) in [6.07, 6.45) is -0.268. The van der Waals surface area contributed by atoms with Gasteiger partial charge in [0.05, 0.1) is 13.0 Å². The third-order valence-corrected chi connectivity index (χ3v) is 2.11. The maximum atomic E-state index is 11.5. The fourth-order valence-electron chi connectivity index (χ4n) is 1.05. The van der Waals surface area contributed by atoms with Gasteiger partial charge in [-0.3, -0.25) is 14.4 Å². The number of carbonyl (C=O) groups is 3. The molecule has 0 aromatic carbocycles. The van der Waals surface area contributed by atoms with E-state index in [1.165, 1.54) is 9.80 Å². The molecule has 0 bridgehead atoms. The van der Waals surface area contributed by atoms with Crippen molar-refractivity contribution in [3.05, 3.63) is 0 Å². The van der Waals surface area contributed by atoms with E-state index in [1.807, 2.05) is 0 Å². The lowest BCUT2D eigenvalue weighted by molar-refractivity contribution is -0.142. The first-order valence-electron chi connectivity index (χ1n) is 5.08. The van der Waals surface area contributed by atoms with E-state index in [9.17, 15) is 14.4 Å². The Morgan fingerprint density at radius 1 is 1.06 bits per heavy atom. The Labute approximate surface area is 94.8 Å². The highest BCUT2D eigenvalue weighted by molar-refractivity contribution is 5.86. The molecule has 0 aliphatic heterocycles. The SMILES string of the molecule is CCN(CC(=O)N(C)C)C(=O)CCC(=O)O. The predicted octanol–water partition coefficient (Wildman–Crippen LogP) is -0.212. The Morgan fingerprint density at radius 3 is 2.00 bits per heavy atom. The van der Waals surface area contributed by atoms with Crippen LogP contribution in [0.2, 0.25) is 0 Å². The van der Waals surface area contributed by atoms with Crippen LogP contribution in [0.4, 0.5) is 0 Å². The molecule has 0 aromatic rings. The van der Waals surface area contributed by atoms with E-state index in [0.717, 1.165) is 0 Å². The molecule has 0 saturated heterocycles. The zero-order valence-corrected chi connectivity index (χ0v) is 9.89. The lowest BCUT2D eigenvalue weighted by Crippen LogP contribution is -2.40. The summed E-state index contributed by atoms with van der Waals surface area (Å²) in [7, 11) is 3.22. The quantitative estimate of drug-likeness (QED) is 0.684. The van der Waals surface area contributed by atoms with Gasteiger partial charge in [0.15, 0.2) is 0 Å². The van der Waals surface area contributed by atoms with Gasteiger partial charge in [-0.25, -0.2) is 0 Å². The first-order chi connectivity index (χ1) is 7.38. The molecule has 0 aliphatic carbocycles. The highest BCUT2D eigenvalue weighted by Crippen LogP contribution is 1.99. The zero-order chi connectivity index (χ0) is 12.7. The second-order valence-electron chi connectivity index (χ2n) is 3.59. The number of hydrogen-bond donors (Lipinski definition) is 1. The Bertz CT molecular complexity index is 276. The molecule has 2 amide bonds. The molecule has 0 aromatic heterocycles. The second kappa shape index (κ2) is 6.81. The lowest BCUT2D eigenvalue weighted by atomic mass is 10.2.